The van der Waals surface area contributed by atoms with E-state index in [4.69, 9.17) is 4.74 Å². The molecule has 7 heteroatoms. The van der Waals surface area contributed by atoms with Gasteiger partial charge in [-0.1, -0.05) is 0 Å². The summed E-state index contributed by atoms with van der Waals surface area (Å²) in [5.74, 6) is 1.52. The number of hydrogen-bond donors (Lipinski definition) is 1. The Morgan fingerprint density at radius 3 is 2.55 bits per heavy atom. The first-order chi connectivity index (χ1) is 14.0. The van der Waals surface area contributed by atoms with Crippen LogP contribution in [-0.2, 0) is 16.6 Å². The van der Waals surface area contributed by atoms with Crippen LogP contribution in [0.15, 0.2) is 12.3 Å². The van der Waals surface area contributed by atoms with Crippen molar-refractivity contribution in [1.29, 1.82) is 0 Å². The molecular formula is C22H34N4O3. The number of ether oxygens (including phenoxy) is 1. The molecule has 0 radical (unpaired) electrons. The molecule has 1 atom stereocenters. The van der Waals surface area contributed by atoms with E-state index >= 15 is 0 Å². The quantitative estimate of drug-likeness (QED) is 0.749. The molecule has 1 saturated carbocycles. The predicted molar refractivity (Wildman–Crippen MR) is 111 cm³/mol. The highest BCUT2D eigenvalue weighted by atomic mass is 16.5. The highest BCUT2D eigenvalue weighted by Gasteiger charge is 2.31. The number of carbonyl (C=O) groups excluding carboxylic acids is 2. The first-order valence-electron chi connectivity index (χ1n) is 11.0. The number of rotatable bonds is 7. The van der Waals surface area contributed by atoms with Gasteiger partial charge in [-0.15, -0.1) is 0 Å². The molecule has 2 aliphatic heterocycles. The fourth-order valence-corrected chi connectivity index (χ4v) is 4.46. The third-order valence-corrected chi connectivity index (χ3v) is 6.74. The van der Waals surface area contributed by atoms with Crippen molar-refractivity contribution in [2.24, 2.45) is 18.9 Å². The number of hydrogen-bond acceptors (Lipinski definition) is 4. The summed E-state index contributed by atoms with van der Waals surface area (Å²) in [6.45, 7) is 7.46. The monoisotopic (exact) mass is 402 g/mol. The average Bonchev–Trinajstić information content (AvgIpc) is 3.47. The Kier molecular flexibility index (Phi) is 6.25. The van der Waals surface area contributed by atoms with E-state index in [1.165, 1.54) is 32.2 Å². The van der Waals surface area contributed by atoms with E-state index in [9.17, 15) is 9.59 Å². The molecule has 7 nitrogen and oxygen atoms in total. The molecule has 1 aromatic heterocycles. The molecule has 4 rings (SSSR count). The number of nitrogens with zero attached hydrogens (tertiary/aromatic N) is 3. The van der Waals surface area contributed by atoms with Crippen LogP contribution >= 0.6 is 0 Å². The van der Waals surface area contributed by atoms with Gasteiger partial charge >= 0.3 is 0 Å². The standard InChI is InChI=1S/C22H34N4O3/c1-16-20(7-8-24(16)2)22(28)23-11-19-14-26(21(27)15-29-19)13-18-5-9-25(10-6-18)12-17-3-4-17/h7-8,17-19H,3-6,9-15H2,1-2H3,(H,23,28). The lowest BCUT2D eigenvalue weighted by Crippen LogP contribution is -2.52. The van der Waals surface area contributed by atoms with Crippen LogP contribution in [0.2, 0.25) is 0 Å². The molecule has 3 aliphatic rings. The zero-order valence-corrected chi connectivity index (χ0v) is 17.7. The summed E-state index contributed by atoms with van der Waals surface area (Å²) in [4.78, 5) is 29.3. The van der Waals surface area contributed by atoms with Crippen LogP contribution in [0, 0.1) is 18.8 Å². The number of aromatic nitrogens is 1. The van der Waals surface area contributed by atoms with Crippen molar-refractivity contribution in [3.63, 3.8) is 0 Å². The molecule has 0 bridgehead atoms. The van der Waals surface area contributed by atoms with Gasteiger partial charge in [0.05, 0.1) is 11.7 Å². The molecule has 1 N–H and O–H groups in total. The summed E-state index contributed by atoms with van der Waals surface area (Å²) in [5.41, 5.74) is 1.63. The van der Waals surface area contributed by atoms with Gasteiger partial charge in [0.1, 0.15) is 6.61 Å². The van der Waals surface area contributed by atoms with Crippen molar-refractivity contribution in [3.05, 3.63) is 23.5 Å². The van der Waals surface area contributed by atoms with Crippen molar-refractivity contribution >= 4 is 11.8 Å². The van der Waals surface area contributed by atoms with Gasteiger partial charge in [0.2, 0.25) is 5.91 Å². The van der Waals surface area contributed by atoms with Crippen molar-refractivity contribution < 1.29 is 14.3 Å². The summed E-state index contributed by atoms with van der Waals surface area (Å²) in [6, 6.07) is 1.83. The Labute approximate surface area is 173 Å². The summed E-state index contributed by atoms with van der Waals surface area (Å²) >= 11 is 0. The molecule has 3 fully saturated rings. The lowest BCUT2D eigenvalue weighted by molar-refractivity contribution is -0.149. The van der Waals surface area contributed by atoms with Gasteiger partial charge in [-0.05, 0) is 63.6 Å². The van der Waals surface area contributed by atoms with Crippen LogP contribution in [0.5, 0.6) is 0 Å². The summed E-state index contributed by atoms with van der Waals surface area (Å²) < 4.78 is 7.61. The zero-order chi connectivity index (χ0) is 20.4. The van der Waals surface area contributed by atoms with Crippen molar-refractivity contribution in [2.75, 3.05) is 45.9 Å². The van der Waals surface area contributed by atoms with E-state index in [1.54, 1.807) is 0 Å². The van der Waals surface area contributed by atoms with Crippen LogP contribution in [0.1, 0.15) is 41.7 Å². The fourth-order valence-electron chi connectivity index (χ4n) is 4.46. The van der Waals surface area contributed by atoms with Crippen molar-refractivity contribution in [2.45, 2.75) is 38.7 Å². The van der Waals surface area contributed by atoms with Gasteiger partial charge in [0.25, 0.3) is 5.91 Å². The van der Waals surface area contributed by atoms with E-state index in [0.29, 0.717) is 24.6 Å². The number of morpholine rings is 1. The number of nitrogens with one attached hydrogen (secondary N) is 1. The molecule has 1 aliphatic carbocycles. The SMILES string of the molecule is Cc1c(C(=O)NCC2CN(CC3CCN(CC4CC4)CC3)C(=O)CO2)ccn1C. The maximum atomic E-state index is 12.4. The maximum absolute atomic E-state index is 12.4. The van der Waals surface area contributed by atoms with Gasteiger partial charge in [-0.2, -0.15) is 0 Å². The van der Waals surface area contributed by atoms with Crippen LogP contribution in [-0.4, -0.2) is 78.2 Å². The van der Waals surface area contributed by atoms with Crippen molar-refractivity contribution in [3.8, 4) is 0 Å². The number of amides is 2. The van der Waals surface area contributed by atoms with Gasteiger partial charge in [-0.3, -0.25) is 9.59 Å². The van der Waals surface area contributed by atoms with Crippen molar-refractivity contribution in [1.82, 2.24) is 19.7 Å². The fraction of sp³-hybridized carbons (Fsp3) is 0.727. The van der Waals surface area contributed by atoms with Crippen LogP contribution in [0.25, 0.3) is 0 Å². The maximum Gasteiger partial charge on any atom is 0.253 e. The van der Waals surface area contributed by atoms with Crippen LogP contribution < -0.4 is 5.32 Å². The second kappa shape index (κ2) is 8.88. The minimum atomic E-state index is -0.143. The molecule has 3 heterocycles. The lowest BCUT2D eigenvalue weighted by Gasteiger charge is -2.38. The van der Waals surface area contributed by atoms with E-state index in [0.717, 1.165) is 31.2 Å². The minimum Gasteiger partial charge on any atom is -0.365 e. The number of aryl methyl sites for hydroxylation is 1. The Morgan fingerprint density at radius 2 is 1.90 bits per heavy atom. The number of likely N-dealkylation sites (tertiary alicyclic amines) is 1. The predicted octanol–water partition coefficient (Wildman–Crippen LogP) is 1.41. The molecule has 160 valence electrons. The molecule has 2 amide bonds. The van der Waals surface area contributed by atoms with Gasteiger partial charge in [-0.25, -0.2) is 0 Å². The molecule has 1 unspecified atom stereocenters. The Balaban J connectivity index is 1.22. The highest BCUT2D eigenvalue weighted by Crippen LogP contribution is 2.31. The molecule has 2 saturated heterocycles. The third kappa shape index (κ3) is 5.20. The number of carbonyl (C=O) groups is 2. The van der Waals surface area contributed by atoms with Gasteiger partial charge < -0.3 is 24.4 Å². The zero-order valence-electron chi connectivity index (χ0n) is 17.7. The molecule has 0 aromatic carbocycles. The molecule has 1 aromatic rings. The molecular weight excluding hydrogens is 368 g/mol. The third-order valence-electron chi connectivity index (χ3n) is 6.74. The average molecular weight is 403 g/mol. The van der Waals surface area contributed by atoms with E-state index in [1.807, 2.05) is 35.7 Å². The van der Waals surface area contributed by atoms with E-state index < -0.39 is 0 Å². The summed E-state index contributed by atoms with van der Waals surface area (Å²) in [5, 5.41) is 2.97. The summed E-state index contributed by atoms with van der Waals surface area (Å²) in [7, 11) is 1.93. The normalized spacial score (nSPS) is 24.1. The van der Waals surface area contributed by atoms with Gasteiger partial charge in [0, 0.05) is 45.1 Å². The smallest absolute Gasteiger partial charge is 0.253 e. The van der Waals surface area contributed by atoms with Crippen LogP contribution in [0.3, 0.4) is 0 Å². The second-order valence-corrected chi connectivity index (χ2v) is 9.05. The van der Waals surface area contributed by atoms with E-state index in [2.05, 4.69) is 10.2 Å². The second-order valence-electron chi connectivity index (χ2n) is 9.05. The van der Waals surface area contributed by atoms with Crippen LogP contribution in [0.4, 0.5) is 0 Å². The minimum absolute atomic E-state index is 0.0758. The largest absolute Gasteiger partial charge is 0.365 e. The van der Waals surface area contributed by atoms with E-state index in [-0.39, 0.29) is 24.5 Å². The Bertz CT molecular complexity index is 734. The lowest BCUT2D eigenvalue weighted by atomic mass is 9.95. The van der Waals surface area contributed by atoms with Gasteiger partial charge in [0.15, 0.2) is 0 Å². The molecule has 29 heavy (non-hydrogen) atoms. The molecule has 0 spiro atoms. The topological polar surface area (TPSA) is 66.8 Å². The first-order valence-corrected chi connectivity index (χ1v) is 11.0. The number of piperidine rings is 1. The Hall–Kier alpha value is -1.86. The first kappa shape index (κ1) is 20.4. The Morgan fingerprint density at radius 1 is 1.17 bits per heavy atom. The summed E-state index contributed by atoms with van der Waals surface area (Å²) in [6.07, 6.45) is 6.90. The highest BCUT2D eigenvalue weighted by molar-refractivity contribution is 5.95.